The summed E-state index contributed by atoms with van der Waals surface area (Å²) in [5.41, 5.74) is 0. The van der Waals surface area contributed by atoms with Gasteiger partial charge < -0.3 is 0 Å². The fourth-order valence-electron chi connectivity index (χ4n) is 2.17. The van der Waals surface area contributed by atoms with E-state index in [1.165, 1.54) is 25.0 Å². The summed E-state index contributed by atoms with van der Waals surface area (Å²) in [4.78, 5) is -0.0267. The van der Waals surface area contributed by atoms with Crippen LogP contribution in [0.4, 0.5) is 4.39 Å². The predicted octanol–water partition coefficient (Wildman–Crippen LogP) is 3.06. The van der Waals surface area contributed by atoms with Crippen molar-refractivity contribution in [2.24, 2.45) is 5.92 Å². The first-order valence-corrected chi connectivity index (χ1v) is 8.21. The first kappa shape index (κ1) is 14.0. The summed E-state index contributed by atoms with van der Waals surface area (Å²) >= 11 is 3.00. The van der Waals surface area contributed by atoms with E-state index in [-0.39, 0.29) is 9.37 Å². The summed E-state index contributed by atoms with van der Waals surface area (Å²) < 4.78 is 40.0. The van der Waals surface area contributed by atoms with Crippen LogP contribution in [0.1, 0.15) is 25.7 Å². The smallest absolute Gasteiger partial charge is 0.211 e. The summed E-state index contributed by atoms with van der Waals surface area (Å²) in [6.07, 6.45) is 4.47. The Morgan fingerprint density at radius 3 is 2.61 bits per heavy atom. The second-order valence-electron chi connectivity index (χ2n) is 4.58. The number of benzene rings is 1. The van der Waals surface area contributed by atoms with Crippen molar-refractivity contribution in [1.29, 1.82) is 0 Å². The topological polar surface area (TPSA) is 46.2 Å². The minimum absolute atomic E-state index is 0.0267. The molecular weight excluding hydrogens is 321 g/mol. The van der Waals surface area contributed by atoms with Gasteiger partial charge in [-0.05, 0) is 52.9 Å². The van der Waals surface area contributed by atoms with Gasteiger partial charge in [0.1, 0.15) is 5.82 Å². The van der Waals surface area contributed by atoms with Gasteiger partial charge in [-0.2, -0.15) is 0 Å². The number of sulfonamides is 1. The van der Waals surface area contributed by atoms with E-state index in [1.807, 2.05) is 0 Å². The van der Waals surface area contributed by atoms with Crippen LogP contribution in [0.25, 0.3) is 0 Å². The highest BCUT2D eigenvalue weighted by Crippen LogP contribution is 2.24. The Morgan fingerprint density at radius 1 is 1.33 bits per heavy atom. The highest BCUT2D eigenvalue weighted by atomic mass is 79.9. The Labute approximate surface area is 115 Å². The van der Waals surface area contributed by atoms with Crippen LogP contribution in [0.15, 0.2) is 27.6 Å². The van der Waals surface area contributed by atoms with Gasteiger partial charge in [0.05, 0.1) is 9.37 Å². The highest BCUT2D eigenvalue weighted by Gasteiger charge is 2.20. The third-order valence-corrected chi connectivity index (χ3v) is 5.30. The first-order valence-electron chi connectivity index (χ1n) is 5.94. The fourth-order valence-corrected chi connectivity index (χ4v) is 3.54. The molecule has 1 fully saturated rings. The lowest BCUT2D eigenvalue weighted by atomic mass is 10.1. The monoisotopic (exact) mass is 335 g/mol. The molecule has 0 aliphatic heterocycles. The number of hydrogen-bond donors (Lipinski definition) is 1. The maximum absolute atomic E-state index is 13.3. The normalized spacial score (nSPS) is 17.2. The van der Waals surface area contributed by atoms with E-state index in [0.29, 0.717) is 12.5 Å². The van der Waals surface area contributed by atoms with Crippen LogP contribution in [-0.2, 0) is 10.0 Å². The zero-order chi connectivity index (χ0) is 13.2. The van der Waals surface area contributed by atoms with Crippen LogP contribution < -0.4 is 4.72 Å². The summed E-state index contributed by atoms with van der Waals surface area (Å²) in [6, 6.07) is 3.82. The van der Waals surface area contributed by atoms with Gasteiger partial charge >= 0.3 is 0 Å². The molecule has 2 rings (SSSR count). The van der Waals surface area contributed by atoms with Crippen LogP contribution >= 0.6 is 15.9 Å². The minimum atomic E-state index is -3.60. The molecule has 1 aliphatic carbocycles. The van der Waals surface area contributed by atoms with Gasteiger partial charge in [-0.25, -0.2) is 17.5 Å². The maximum atomic E-state index is 13.3. The van der Waals surface area contributed by atoms with Crippen molar-refractivity contribution in [1.82, 2.24) is 4.72 Å². The van der Waals surface area contributed by atoms with E-state index in [1.54, 1.807) is 0 Å². The Balaban J connectivity index is 2.07. The molecule has 0 radical (unpaired) electrons. The molecule has 0 amide bonds. The number of hydrogen-bond acceptors (Lipinski definition) is 2. The summed E-state index contributed by atoms with van der Waals surface area (Å²) in [5.74, 6) is -0.154. The van der Waals surface area contributed by atoms with Crippen LogP contribution in [0.5, 0.6) is 0 Å². The molecule has 3 nitrogen and oxygen atoms in total. The van der Waals surface area contributed by atoms with Crippen LogP contribution in [0.3, 0.4) is 0 Å². The molecule has 0 spiro atoms. The number of nitrogens with one attached hydrogen (secondary N) is 1. The quantitative estimate of drug-likeness (QED) is 0.919. The molecule has 100 valence electrons. The summed E-state index contributed by atoms with van der Waals surface area (Å²) in [7, 11) is -3.60. The van der Waals surface area contributed by atoms with Crippen molar-refractivity contribution in [2.45, 2.75) is 30.6 Å². The first-order chi connectivity index (χ1) is 8.49. The molecule has 0 atom stereocenters. The van der Waals surface area contributed by atoms with Gasteiger partial charge in [0.25, 0.3) is 0 Å². The number of rotatable bonds is 4. The zero-order valence-corrected chi connectivity index (χ0v) is 12.2. The van der Waals surface area contributed by atoms with E-state index in [0.717, 1.165) is 18.9 Å². The van der Waals surface area contributed by atoms with Crippen molar-refractivity contribution < 1.29 is 12.8 Å². The van der Waals surface area contributed by atoms with Gasteiger partial charge in [-0.15, -0.1) is 0 Å². The lowest BCUT2D eigenvalue weighted by molar-refractivity contribution is 0.519. The Kier molecular flexibility index (Phi) is 4.40. The molecule has 1 N–H and O–H groups in total. The Morgan fingerprint density at radius 2 is 2.00 bits per heavy atom. The molecule has 1 aromatic carbocycles. The van der Waals surface area contributed by atoms with Crippen molar-refractivity contribution in [3.05, 3.63) is 28.5 Å². The summed E-state index contributed by atoms with van der Waals surface area (Å²) in [6.45, 7) is 0.444. The molecule has 0 aromatic heterocycles. The molecule has 0 unspecified atom stereocenters. The second kappa shape index (κ2) is 5.67. The van der Waals surface area contributed by atoms with Gasteiger partial charge in [-0.1, -0.05) is 12.8 Å². The van der Waals surface area contributed by atoms with Crippen LogP contribution in [-0.4, -0.2) is 15.0 Å². The van der Waals surface area contributed by atoms with E-state index in [9.17, 15) is 12.8 Å². The third-order valence-electron chi connectivity index (χ3n) is 3.24. The maximum Gasteiger partial charge on any atom is 0.240 e. The molecule has 6 heteroatoms. The fraction of sp³-hybridized carbons (Fsp3) is 0.500. The van der Waals surface area contributed by atoms with Crippen molar-refractivity contribution in [2.75, 3.05) is 6.54 Å². The largest absolute Gasteiger partial charge is 0.240 e. The molecule has 18 heavy (non-hydrogen) atoms. The van der Waals surface area contributed by atoms with Crippen molar-refractivity contribution in [3.63, 3.8) is 0 Å². The summed E-state index contributed by atoms with van der Waals surface area (Å²) in [5, 5.41) is 0. The third kappa shape index (κ3) is 3.30. The molecule has 1 aliphatic rings. The Bertz CT molecular complexity index is 527. The zero-order valence-electron chi connectivity index (χ0n) is 9.83. The lowest BCUT2D eigenvalue weighted by Crippen LogP contribution is -2.28. The van der Waals surface area contributed by atoms with Crippen LogP contribution in [0.2, 0.25) is 0 Å². The van der Waals surface area contributed by atoms with Gasteiger partial charge in [-0.3, -0.25) is 0 Å². The molecule has 0 bridgehead atoms. The molecule has 0 heterocycles. The lowest BCUT2D eigenvalue weighted by Gasteiger charge is -2.11. The van der Waals surface area contributed by atoms with Crippen molar-refractivity contribution >= 4 is 26.0 Å². The molecular formula is C12H15BrFNO2S. The molecule has 1 saturated carbocycles. The minimum Gasteiger partial charge on any atom is -0.211 e. The predicted molar refractivity (Wildman–Crippen MR) is 71.2 cm³/mol. The SMILES string of the molecule is O=S(=O)(NCC1CCCC1)c1ccc(Br)c(F)c1. The van der Waals surface area contributed by atoms with Crippen molar-refractivity contribution in [3.8, 4) is 0 Å². The Hall–Kier alpha value is -0.460. The average molecular weight is 336 g/mol. The molecule has 0 saturated heterocycles. The van der Waals surface area contributed by atoms with E-state index in [4.69, 9.17) is 0 Å². The van der Waals surface area contributed by atoms with Gasteiger partial charge in [0, 0.05) is 6.54 Å². The van der Waals surface area contributed by atoms with E-state index < -0.39 is 15.8 Å². The highest BCUT2D eigenvalue weighted by molar-refractivity contribution is 9.10. The molecule has 1 aromatic rings. The van der Waals surface area contributed by atoms with E-state index >= 15 is 0 Å². The van der Waals surface area contributed by atoms with Crippen LogP contribution in [0, 0.1) is 11.7 Å². The average Bonchev–Trinajstić information content (AvgIpc) is 2.83. The van der Waals surface area contributed by atoms with Gasteiger partial charge in [0.2, 0.25) is 10.0 Å². The van der Waals surface area contributed by atoms with Gasteiger partial charge in [0.15, 0.2) is 0 Å². The number of halogens is 2. The standard InChI is InChI=1S/C12H15BrFNO2S/c13-11-6-5-10(7-12(11)14)18(16,17)15-8-9-3-1-2-4-9/h5-7,9,15H,1-4,8H2. The second-order valence-corrected chi connectivity index (χ2v) is 7.20. The van der Waals surface area contributed by atoms with E-state index in [2.05, 4.69) is 20.7 Å².